The quantitative estimate of drug-likeness (QED) is 0.633. The number of hydrogen-bond donors (Lipinski definition) is 1. The molecule has 1 aliphatic rings. The van der Waals surface area contributed by atoms with Crippen LogP contribution in [0, 0.1) is 5.82 Å². The van der Waals surface area contributed by atoms with E-state index < -0.39 is 0 Å². The lowest BCUT2D eigenvalue weighted by atomic mass is 9.74. The van der Waals surface area contributed by atoms with Crippen LogP contribution in [0.4, 0.5) is 4.39 Å². The molecule has 1 fully saturated rings. The molecule has 2 aromatic carbocycles. The topological polar surface area (TPSA) is 47.6 Å². The average Bonchev–Trinajstić information content (AvgIpc) is 2.69. The Bertz CT molecular complexity index is 857. The van der Waals surface area contributed by atoms with Crippen molar-refractivity contribution in [2.24, 2.45) is 0 Å². The minimum atomic E-state index is -0.378. The van der Waals surface area contributed by atoms with E-state index in [1.807, 2.05) is 6.07 Å². The maximum absolute atomic E-state index is 13.7. The van der Waals surface area contributed by atoms with Crippen molar-refractivity contribution >= 4 is 40.7 Å². The summed E-state index contributed by atoms with van der Waals surface area (Å²) in [7, 11) is 0. The standard InChI is InChI=1S/C20H19Cl3FNO3/c21-15-9-17(23)18(10-16(15)22)28-11-19(26)25-12-20(4-6-27-7-5-20)13-2-1-3-14(24)8-13/h1-3,8-10H,4-7,11-12H2,(H,25,26). The molecule has 1 heterocycles. The molecule has 150 valence electrons. The third-order valence-electron chi connectivity index (χ3n) is 4.84. The molecule has 0 aromatic heterocycles. The van der Waals surface area contributed by atoms with Gasteiger partial charge in [-0.25, -0.2) is 4.39 Å². The van der Waals surface area contributed by atoms with E-state index in [1.165, 1.54) is 24.3 Å². The molecule has 0 bridgehead atoms. The lowest BCUT2D eigenvalue weighted by molar-refractivity contribution is -0.123. The van der Waals surface area contributed by atoms with Gasteiger partial charge in [-0.1, -0.05) is 46.9 Å². The van der Waals surface area contributed by atoms with Crippen molar-refractivity contribution in [1.29, 1.82) is 0 Å². The maximum Gasteiger partial charge on any atom is 0.257 e. The number of amides is 1. The first-order valence-electron chi connectivity index (χ1n) is 8.77. The van der Waals surface area contributed by atoms with Crippen molar-refractivity contribution in [3.63, 3.8) is 0 Å². The van der Waals surface area contributed by atoms with E-state index in [-0.39, 0.29) is 39.5 Å². The van der Waals surface area contributed by atoms with Gasteiger partial charge < -0.3 is 14.8 Å². The van der Waals surface area contributed by atoms with Gasteiger partial charge in [0.1, 0.15) is 11.6 Å². The zero-order valence-corrected chi connectivity index (χ0v) is 17.2. The summed E-state index contributed by atoms with van der Waals surface area (Å²) < 4.78 is 24.6. The van der Waals surface area contributed by atoms with Crippen LogP contribution in [0.3, 0.4) is 0 Å². The first kappa shape index (κ1) is 21.2. The first-order valence-corrected chi connectivity index (χ1v) is 9.91. The van der Waals surface area contributed by atoms with Gasteiger partial charge in [-0.05, 0) is 36.6 Å². The second-order valence-corrected chi connectivity index (χ2v) is 7.89. The van der Waals surface area contributed by atoms with Gasteiger partial charge in [0, 0.05) is 31.2 Å². The predicted octanol–water partition coefficient (Wildman–Crippen LogP) is 5.03. The Morgan fingerprint density at radius 1 is 1.11 bits per heavy atom. The van der Waals surface area contributed by atoms with Crippen molar-refractivity contribution < 1.29 is 18.7 Å². The minimum Gasteiger partial charge on any atom is -0.482 e. The number of nitrogens with one attached hydrogen (secondary N) is 1. The van der Waals surface area contributed by atoms with Crippen LogP contribution in [0.5, 0.6) is 5.75 Å². The normalized spacial score (nSPS) is 15.9. The number of ether oxygens (including phenoxy) is 2. The minimum absolute atomic E-state index is 0.229. The van der Waals surface area contributed by atoms with Crippen LogP contribution in [0.25, 0.3) is 0 Å². The molecular formula is C20H19Cl3FNO3. The van der Waals surface area contributed by atoms with Crippen LogP contribution in [0.1, 0.15) is 18.4 Å². The molecule has 0 radical (unpaired) electrons. The second-order valence-electron chi connectivity index (χ2n) is 6.67. The molecule has 8 heteroatoms. The Morgan fingerprint density at radius 3 is 2.54 bits per heavy atom. The smallest absolute Gasteiger partial charge is 0.257 e. The lowest BCUT2D eigenvalue weighted by Gasteiger charge is -2.38. The fourth-order valence-electron chi connectivity index (χ4n) is 3.23. The summed E-state index contributed by atoms with van der Waals surface area (Å²) in [4.78, 5) is 12.3. The van der Waals surface area contributed by atoms with Gasteiger partial charge in [-0.3, -0.25) is 4.79 Å². The highest BCUT2D eigenvalue weighted by Gasteiger charge is 2.35. The van der Waals surface area contributed by atoms with Gasteiger partial charge in [0.15, 0.2) is 6.61 Å². The number of rotatable bonds is 6. The first-order chi connectivity index (χ1) is 13.4. The van der Waals surface area contributed by atoms with Crippen LogP contribution in [0.2, 0.25) is 15.1 Å². The Morgan fingerprint density at radius 2 is 1.82 bits per heavy atom. The van der Waals surface area contributed by atoms with E-state index >= 15 is 0 Å². The van der Waals surface area contributed by atoms with E-state index in [0.29, 0.717) is 37.6 Å². The van der Waals surface area contributed by atoms with Crippen LogP contribution in [0.15, 0.2) is 36.4 Å². The molecule has 0 atom stereocenters. The fourth-order valence-corrected chi connectivity index (χ4v) is 3.82. The van der Waals surface area contributed by atoms with Crippen LogP contribution >= 0.6 is 34.8 Å². The van der Waals surface area contributed by atoms with Crippen LogP contribution in [-0.4, -0.2) is 32.3 Å². The van der Waals surface area contributed by atoms with Gasteiger partial charge in [-0.15, -0.1) is 0 Å². The highest BCUT2D eigenvalue weighted by Crippen LogP contribution is 2.35. The highest BCUT2D eigenvalue weighted by molar-refractivity contribution is 6.43. The predicted molar refractivity (Wildman–Crippen MR) is 108 cm³/mol. The zero-order valence-electron chi connectivity index (χ0n) is 14.9. The van der Waals surface area contributed by atoms with E-state index in [1.54, 1.807) is 6.07 Å². The second kappa shape index (κ2) is 9.31. The summed E-state index contributed by atoms with van der Waals surface area (Å²) >= 11 is 17.9. The molecule has 1 N–H and O–H groups in total. The number of halogens is 4. The van der Waals surface area contributed by atoms with E-state index in [9.17, 15) is 9.18 Å². The van der Waals surface area contributed by atoms with Crippen molar-refractivity contribution in [2.45, 2.75) is 18.3 Å². The molecule has 0 spiro atoms. The maximum atomic E-state index is 13.7. The average molecular weight is 447 g/mol. The highest BCUT2D eigenvalue weighted by atomic mass is 35.5. The molecule has 2 aromatic rings. The number of benzene rings is 2. The molecule has 0 aliphatic carbocycles. The largest absolute Gasteiger partial charge is 0.482 e. The summed E-state index contributed by atoms with van der Waals surface area (Å²) in [5, 5.41) is 3.74. The third kappa shape index (κ3) is 5.09. The number of carbonyl (C=O) groups excluding carboxylic acids is 1. The molecule has 1 aliphatic heterocycles. The molecule has 0 unspecified atom stereocenters. The summed E-state index contributed by atoms with van der Waals surface area (Å²) in [6, 6.07) is 9.41. The van der Waals surface area contributed by atoms with Gasteiger partial charge in [0.05, 0.1) is 15.1 Å². The number of carbonyl (C=O) groups is 1. The van der Waals surface area contributed by atoms with E-state index in [4.69, 9.17) is 44.3 Å². The van der Waals surface area contributed by atoms with Crippen LogP contribution < -0.4 is 10.1 Å². The molecule has 1 saturated heterocycles. The van der Waals surface area contributed by atoms with Gasteiger partial charge in [0.2, 0.25) is 0 Å². The van der Waals surface area contributed by atoms with Crippen molar-refractivity contribution in [2.75, 3.05) is 26.4 Å². The van der Waals surface area contributed by atoms with Gasteiger partial charge in [-0.2, -0.15) is 0 Å². The van der Waals surface area contributed by atoms with E-state index in [0.717, 1.165) is 5.56 Å². The SMILES string of the molecule is O=C(COc1cc(Cl)c(Cl)cc1Cl)NCC1(c2cccc(F)c2)CCOCC1. The van der Waals surface area contributed by atoms with E-state index in [2.05, 4.69) is 5.32 Å². The fraction of sp³-hybridized carbons (Fsp3) is 0.350. The molecule has 4 nitrogen and oxygen atoms in total. The molecule has 1 amide bonds. The Labute approximate surface area is 177 Å². The van der Waals surface area contributed by atoms with Crippen LogP contribution in [-0.2, 0) is 14.9 Å². The molecule has 0 saturated carbocycles. The third-order valence-corrected chi connectivity index (χ3v) is 5.86. The Balaban J connectivity index is 1.63. The van der Waals surface area contributed by atoms with Crippen molar-refractivity contribution in [3.05, 3.63) is 62.8 Å². The summed E-state index contributed by atoms with van der Waals surface area (Å²) in [6.45, 7) is 1.24. The monoisotopic (exact) mass is 445 g/mol. The zero-order chi connectivity index (χ0) is 20.1. The summed E-state index contributed by atoms with van der Waals surface area (Å²) in [5.74, 6) is -0.339. The van der Waals surface area contributed by atoms with Crippen molar-refractivity contribution in [1.82, 2.24) is 5.32 Å². The van der Waals surface area contributed by atoms with Gasteiger partial charge >= 0.3 is 0 Å². The lowest BCUT2D eigenvalue weighted by Crippen LogP contribution is -2.45. The Kier molecular flexibility index (Phi) is 7.05. The molecular weight excluding hydrogens is 428 g/mol. The summed E-state index contributed by atoms with van der Waals surface area (Å²) in [6.07, 6.45) is 1.38. The summed E-state index contributed by atoms with van der Waals surface area (Å²) in [5.41, 5.74) is 0.474. The van der Waals surface area contributed by atoms with Gasteiger partial charge in [0.25, 0.3) is 5.91 Å². The molecule has 28 heavy (non-hydrogen) atoms. The molecule has 3 rings (SSSR count). The Hall–Kier alpha value is -1.53. The van der Waals surface area contributed by atoms with Crippen molar-refractivity contribution in [3.8, 4) is 5.75 Å². The number of hydrogen-bond acceptors (Lipinski definition) is 3.